The summed E-state index contributed by atoms with van der Waals surface area (Å²) in [6, 6.07) is 8.59. The maximum absolute atomic E-state index is 12.6. The number of nitriles is 1. The number of sulfonamides is 1. The van der Waals surface area contributed by atoms with Gasteiger partial charge in [-0.2, -0.15) is 9.57 Å². The highest BCUT2D eigenvalue weighted by atomic mass is 32.2. The van der Waals surface area contributed by atoms with Crippen LogP contribution in [0.2, 0.25) is 0 Å². The van der Waals surface area contributed by atoms with E-state index in [0.717, 1.165) is 19.5 Å². The Hall–Kier alpha value is -1.42. The van der Waals surface area contributed by atoms with Gasteiger partial charge < -0.3 is 0 Å². The molecule has 0 saturated carbocycles. The molecule has 6 heteroatoms. The first kappa shape index (κ1) is 16.0. The van der Waals surface area contributed by atoms with Gasteiger partial charge in [-0.3, -0.25) is 4.90 Å². The van der Waals surface area contributed by atoms with E-state index in [1.165, 1.54) is 16.4 Å². The first-order valence-corrected chi connectivity index (χ1v) is 8.67. The standard InChI is InChI=1S/C15H21N3O2S/c1-3-13(2)17-8-10-18(11-9-17)21(19,20)15-6-4-14(12-16)5-7-15/h4-7,13H,3,8-11H2,1-2H3. The summed E-state index contributed by atoms with van der Waals surface area (Å²) in [7, 11) is -3.45. The normalized spacial score (nSPS) is 19.1. The lowest BCUT2D eigenvalue weighted by atomic mass is 10.2. The SMILES string of the molecule is CCC(C)N1CCN(S(=O)(=O)c2ccc(C#N)cc2)CC1. The zero-order valence-corrected chi connectivity index (χ0v) is 13.3. The zero-order chi connectivity index (χ0) is 15.5. The van der Waals surface area contributed by atoms with E-state index in [0.29, 0.717) is 24.7 Å². The summed E-state index contributed by atoms with van der Waals surface area (Å²) in [5.74, 6) is 0. The predicted octanol–water partition coefficient (Wildman–Crippen LogP) is 1.66. The molecule has 1 aromatic carbocycles. The number of hydrogen-bond acceptors (Lipinski definition) is 4. The Balaban J connectivity index is 2.09. The quantitative estimate of drug-likeness (QED) is 0.848. The van der Waals surface area contributed by atoms with Crippen molar-refractivity contribution in [3.63, 3.8) is 0 Å². The van der Waals surface area contributed by atoms with E-state index in [-0.39, 0.29) is 4.90 Å². The van der Waals surface area contributed by atoms with Crippen molar-refractivity contribution in [2.45, 2.75) is 31.2 Å². The van der Waals surface area contributed by atoms with Gasteiger partial charge >= 0.3 is 0 Å². The summed E-state index contributed by atoms with van der Waals surface area (Å²) in [4.78, 5) is 2.59. The molecule has 21 heavy (non-hydrogen) atoms. The van der Waals surface area contributed by atoms with Gasteiger partial charge in [0.2, 0.25) is 10.0 Å². The minimum absolute atomic E-state index is 0.262. The molecule has 1 heterocycles. The molecule has 0 radical (unpaired) electrons. The molecule has 0 N–H and O–H groups in total. The van der Waals surface area contributed by atoms with Gasteiger partial charge in [-0.25, -0.2) is 8.42 Å². The van der Waals surface area contributed by atoms with Crippen LogP contribution in [0.5, 0.6) is 0 Å². The minimum atomic E-state index is -3.45. The van der Waals surface area contributed by atoms with Crippen molar-refractivity contribution in [2.75, 3.05) is 26.2 Å². The third-order valence-corrected chi connectivity index (χ3v) is 6.02. The highest BCUT2D eigenvalue weighted by Gasteiger charge is 2.29. The van der Waals surface area contributed by atoms with Crippen LogP contribution >= 0.6 is 0 Å². The van der Waals surface area contributed by atoms with Gasteiger partial charge in [0.05, 0.1) is 16.5 Å². The highest BCUT2D eigenvalue weighted by molar-refractivity contribution is 7.89. The first-order chi connectivity index (χ1) is 9.98. The van der Waals surface area contributed by atoms with E-state index >= 15 is 0 Å². The summed E-state index contributed by atoms with van der Waals surface area (Å²) in [5.41, 5.74) is 0.468. The van der Waals surface area contributed by atoms with Gasteiger partial charge in [0.25, 0.3) is 0 Å². The van der Waals surface area contributed by atoms with Crippen molar-refractivity contribution in [2.24, 2.45) is 0 Å². The number of nitrogens with zero attached hydrogens (tertiary/aromatic N) is 3. The van der Waals surface area contributed by atoms with E-state index < -0.39 is 10.0 Å². The second-order valence-corrected chi connectivity index (χ2v) is 7.27. The molecular weight excluding hydrogens is 286 g/mol. The fourth-order valence-electron chi connectivity index (χ4n) is 2.49. The molecule has 0 spiro atoms. The minimum Gasteiger partial charge on any atom is -0.298 e. The molecule has 1 aromatic rings. The molecule has 114 valence electrons. The molecule has 1 fully saturated rings. The van der Waals surface area contributed by atoms with Crippen molar-refractivity contribution < 1.29 is 8.42 Å². The van der Waals surface area contributed by atoms with E-state index in [2.05, 4.69) is 18.7 Å². The second-order valence-electron chi connectivity index (χ2n) is 5.33. The lowest BCUT2D eigenvalue weighted by molar-refractivity contribution is 0.142. The summed E-state index contributed by atoms with van der Waals surface area (Å²) in [5, 5.41) is 8.77. The molecule has 1 aliphatic heterocycles. The summed E-state index contributed by atoms with van der Waals surface area (Å²) in [6.07, 6.45) is 1.07. The predicted molar refractivity (Wildman–Crippen MR) is 81.2 cm³/mol. The third kappa shape index (κ3) is 3.43. The van der Waals surface area contributed by atoms with Crippen LogP contribution in [-0.4, -0.2) is 49.8 Å². The van der Waals surface area contributed by atoms with E-state index in [1.54, 1.807) is 12.1 Å². The monoisotopic (exact) mass is 307 g/mol. The lowest BCUT2D eigenvalue weighted by Crippen LogP contribution is -2.51. The summed E-state index contributed by atoms with van der Waals surface area (Å²) in [6.45, 7) is 6.89. The maximum Gasteiger partial charge on any atom is 0.243 e. The number of hydrogen-bond donors (Lipinski definition) is 0. The number of benzene rings is 1. The van der Waals surface area contributed by atoms with Crippen LogP contribution in [0.4, 0.5) is 0 Å². The second kappa shape index (κ2) is 6.56. The Bertz CT molecular complexity index is 611. The number of rotatable bonds is 4. The summed E-state index contributed by atoms with van der Waals surface area (Å²) >= 11 is 0. The fraction of sp³-hybridized carbons (Fsp3) is 0.533. The van der Waals surface area contributed by atoms with Crippen molar-refractivity contribution in [3.05, 3.63) is 29.8 Å². The molecule has 5 nitrogen and oxygen atoms in total. The van der Waals surface area contributed by atoms with Gasteiger partial charge in [-0.15, -0.1) is 0 Å². The van der Waals surface area contributed by atoms with Gasteiger partial charge in [-0.1, -0.05) is 6.92 Å². The van der Waals surface area contributed by atoms with Gasteiger partial charge in [0, 0.05) is 32.2 Å². The van der Waals surface area contributed by atoms with Crippen LogP contribution in [0.1, 0.15) is 25.8 Å². The largest absolute Gasteiger partial charge is 0.298 e. The Labute approximate surface area is 126 Å². The zero-order valence-electron chi connectivity index (χ0n) is 12.5. The van der Waals surface area contributed by atoms with Crippen LogP contribution < -0.4 is 0 Å². The van der Waals surface area contributed by atoms with Gasteiger partial charge in [0.1, 0.15) is 0 Å². The number of piperazine rings is 1. The maximum atomic E-state index is 12.6. The Morgan fingerprint density at radius 1 is 1.19 bits per heavy atom. The van der Waals surface area contributed by atoms with Crippen LogP contribution in [0.15, 0.2) is 29.2 Å². The third-order valence-electron chi connectivity index (χ3n) is 4.11. The molecule has 1 atom stereocenters. The Morgan fingerprint density at radius 3 is 2.24 bits per heavy atom. The smallest absolute Gasteiger partial charge is 0.243 e. The molecule has 1 aliphatic rings. The molecule has 1 unspecified atom stereocenters. The molecule has 2 rings (SSSR count). The van der Waals surface area contributed by atoms with E-state index in [1.807, 2.05) is 6.07 Å². The summed E-state index contributed by atoms with van der Waals surface area (Å²) < 4.78 is 26.6. The first-order valence-electron chi connectivity index (χ1n) is 7.23. The molecular formula is C15H21N3O2S. The van der Waals surface area contributed by atoms with Crippen molar-refractivity contribution in [1.29, 1.82) is 5.26 Å². The topological polar surface area (TPSA) is 64.4 Å². The molecule has 0 aromatic heterocycles. The average molecular weight is 307 g/mol. The van der Waals surface area contributed by atoms with Crippen molar-refractivity contribution >= 4 is 10.0 Å². The van der Waals surface area contributed by atoms with Crippen molar-refractivity contribution in [3.8, 4) is 6.07 Å². The molecule has 0 aliphatic carbocycles. The van der Waals surface area contributed by atoms with Gasteiger partial charge in [0.15, 0.2) is 0 Å². The van der Waals surface area contributed by atoms with Crippen LogP contribution in [0.3, 0.4) is 0 Å². The Morgan fingerprint density at radius 2 is 1.76 bits per heavy atom. The lowest BCUT2D eigenvalue weighted by Gasteiger charge is -2.37. The van der Waals surface area contributed by atoms with Crippen LogP contribution in [-0.2, 0) is 10.0 Å². The van der Waals surface area contributed by atoms with E-state index in [4.69, 9.17) is 5.26 Å². The average Bonchev–Trinajstić information content (AvgIpc) is 2.54. The molecule has 0 amide bonds. The van der Waals surface area contributed by atoms with E-state index in [9.17, 15) is 8.42 Å². The highest BCUT2D eigenvalue weighted by Crippen LogP contribution is 2.19. The molecule has 0 bridgehead atoms. The molecule has 1 saturated heterocycles. The van der Waals surface area contributed by atoms with Crippen molar-refractivity contribution in [1.82, 2.24) is 9.21 Å². The van der Waals surface area contributed by atoms with Crippen LogP contribution in [0.25, 0.3) is 0 Å². The fourth-order valence-corrected chi connectivity index (χ4v) is 3.92. The van der Waals surface area contributed by atoms with Gasteiger partial charge in [-0.05, 0) is 37.6 Å². The van der Waals surface area contributed by atoms with Crippen LogP contribution in [0, 0.1) is 11.3 Å². The Kier molecular flexibility index (Phi) is 4.99.